The molecule has 0 aliphatic heterocycles. The SMILES string of the molecule is c1ccc(-c2nc(-c3ccccc3)nc(-c3cccc4oc5cc(-n6c7cc8ccccc8cc7c7cc8ccccc8cc76)c(-c6ccccc6)cc5c34)n2)cc1. The lowest BCUT2D eigenvalue weighted by atomic mass is 9.98. The molecule has 270 valence electrons. The topological polar surface area (TPSA) is 56.7 Å². The van der Waals surface area contributed by atoms with Crippen molar-refractivity contribution in [2.75, 3.05) is 0 Å². The van der Waals surface area contributed by atoms with Crippen molar-refractivity contribution < 1.29 is 4.42 Å². The molecule has 0 radical (unpaired) electrons. The molecule has 12 rings (SSSR count). The van der Waals surface area contributed by atoms with Crippen molar-refractivity contribution in [3.05, 3.63) is 194 Å². The van der Waals surface area contributed by atoms with Crippen LogP contribution in [0.1, 0.15) is 0 Å². The Kier molecular flexibility index (Phi) is 7.16. The zero-order valence-corrected chi connectivity index (χ0v) is 31.2. The fourth-order valence-electron chi connectivity index (χ4n) is 8.66. The van der Waals surface area contributed by atoms with Gasteiger partial charge in [0.1, 0.15) is 11.2 Å². The number of aromatic nitrogens is 4. The van der Waals surface area contributed by atoms with E-state index in [4.69, 9.17) is 19.4 Å². The van der Waals surface area contributed by atoms with E-state index in [1.165, 1.54) is 32.3 Å². The van der Waals surface area contributed by atoms with Gasteiger partial charge >= 0.3 is 0 Å². The summed E-state index contributed by atoms with van der Waals surface area (Å²) in [4.78, 5) is 15.2. The molecule has 0 aliphatic carbocycles. The molecule has 0 saturated heterocycles. The van der Waals surface area contributed by atoms with Crippen LogP contribution in [0.25, 0.3) is 116 Å². The Balaban J connectivity index is 1.17. The summed E-state index contributed by atoms with van der Waals surface area (Å²) in [6, 6.07) is 68.1. The third kappa shape index (κ3) is 5.14. The van der Waals surface area contributed by atoms with Gasteiger partial charge in [0.2, 0.25) is 0 Å². The second kappa shape index (κ2) is 12.8. The minimum absolute atomic E-state index is 0.590. The number of nitrogens with zero attached hydrogens (tertiary/aromatic N) is 4. The van der Waals surface area contributed by atoms with E-state index >= 15 is 0 Å². The number of hydrogen-bond donors (Lipinski definition) is 0. The van der Waals surface area contributed by atoms with Crippen molar-refractivity contribution in [3.63, 3.8) is 0 Å². The predicted molar refractivity (Wildman–Crippen MR) is 238 cm³/mol. The fraction of sp³-hybridized carbons (Fsp3) is 0. The molecule has 0 N–H and O–H groups in total. The van der Waals surface area contributed by atoms with Crippen molar-refractivity contribution in [3.8, 4) is 51.0 Å². The highest BCUT2D eigenvalue weighted by molar-refractivity contribution is 6.18. The van der Waals surface area contributed by atoms with E-state index in [1.807, 2.05) is 72.8 Å². The largest absolute Gasteiger partial charge is 0.456 e. The van der Waals surface area contributed by atoms with E-state index in [9.17, 15) is 0 Å². The summed E-state index contributed by atoms with van der Waals surface area (Å²) in [5, 5.41) is 9.21. The Bertz CT molecular complexity index is 3400. The average molecular weight is 741 g/mol. The third-order valence-electron chi connectivity index (χ3n) is 11.4. The van der Waals surface area contributed by atoms with Gasteiger partial charge in [0, 0.05) is 49.9 Å². The minimum Gasteiger partial charge on any atom is -0.456 e. The van der Waals surface area contributed by atoms with Gasteiger partial charge in [-0.1, -0.05) is 152 Å². The molecule has 5 nitrogen and oxygen atoms in total. The van der Waals surface area contributed by atoms with Gasteiger partial charge in [-0.15, -0.1) is 0 Å². The zero-order valence-electron chi connectivity index (χ0n) is 31.2. The molecule has 0 amide bonds. The normalized spacial score (nSPS) is 11.8. The summed E-state index contributed by atoms with van der Waals surface area (Å²) >= 11 is 0. The highest BCUT2D eigenvalue weighted by atomic mass is 16.3. The van der Waals surface area contributed by atoms with Crippen molar-refractivity contribution in [2.24, 2.45) is 0 Å². The Morgan fingerprint density at radius 2 is 0.828 bits per heavy atom. The predicted octanol–water partition coefficient (Wildman–Crippen LogP) is 13.8. The first-order valence-corrected chi connectivity index (χ1v) is 19.5. The van der Waals surface area contributed by atoms with Gasteiger partial charge in [0.05, 0.1) is 16.7 Å². The molecule has 5 heteroatoms. The Hall–Kier alpha value is -7.89. The fourth-order valence-corrected chi connectivity index (χ4v) is 8.66. The molecule has 9 aromatic carbocycles. The lowest BCUT2D eigenvalue weighted by molar-refractivity contribution is 0.668. The quantitative estimate of drug-likeness (QED) is 0.176. The van der Waals surface area contributed by atoms with E-state index < -0.39 is 0 Å². The summed E-state index contributed by atoms with van der Waals surface area (Å²) in [6.07, 6.45) is 0. The molecule has 3 heterocycles. The standard InChI is InChI=1S/C53H32N4O/c1-4-15-33(16-5-1)41-31-44-49(32-47(41)57-45-29-38-23-12-10-21-36(38)27-42(45)43-28-37-22-11-13-24-39(37)30-46(43)57)58-48-26-14-25-40(50(44)48)53-55-51(34-17-6-2-7-18-34)54-52(56-53)35-19-8-3-9-20-35/h1-32H. The molecule has 0 aliphatic rings. The van der Waals surface area contributed by atoms with Crippen LogP contribution in [-0.2, 0) is 0 Å². The van der Waals surface area contributed by atoms with Gasteiger partial charge in [0.15, 0.2) is 17.5 Å². The summed E-state index contributed by atoms with van der Waals surface area (Å²) in [7, 11) is 0. The molecule has 58 heavy (non-hydrogen) atoms. The number of furan rings is 1. The van der Waals surface area contributed by atoms with Crippen LogP contribution in [0.15, 0.2) is 199 Å². The van der Waals surface area contributed by atoms with Gasteiger partial charge in [-0.05, 0) is 63.5 Å². The van der Waals surface area contributed by atoms with Crippen LogP contribution in [0.2, 0.25) is 0 Å². The van der Waals surface area contributed by atoms with Crippen LogP contribution >= 0.6 is 0 Å². The molecule has 0 saturated carbocycles. The van der Waals surface area contributed by atoms with E-state index in [0.29, 0.717) is 17.5 Å². The molecule has 0 unspecified atom stereocenters. The maximum absolute atomic E-state index is 6.85. The number of benzene rings is 9. The Morgan fingerprint density at radius 3 is 1.38 bits per heavy atom. The molecule has 0 fully saturated rings. The van der Waals surface area contributed by atoms with Crippen molar-refractivity contribution in [1.29, 1.82) is 0 Å². The monoisotopic (exact) mass is 740 g/mol. The first-order valence-electron chi connectivity index (χ1n) is 19.5. The first kappa shape index (κ1) is 32.4. The zero-order chi connectivity index (χ0) is 38.2. The van der Waals surface area contributed by atoms with E-state index in [0.717, 1.165) is 66.5 Å². The Morgan fingerprint density at radius 1 is 0.345 bits per heavy atom. The van der Waals surface area contributed by atoms with Gasteiger partial charge in [-0.25, -0.2) is 15.0 Å². The highest BCUT2D eigenvalue weighted by Crippen LogP contribution is 2.44. The highest BCUT2D eigenvalue weighted by Gasteiger charge is 2.23. The number of rotatable bonds is 5. The van der Waals surface area contributed by atoms with Crippen molar-refractivity contribution >= 4 is 65.3 Å². The minimum atomic E-state index is 0.590. The van der Waals surface area contributed by atoms with Crippen LogP contribution < -0.4 is 0 Å². The van der Waals surface area contributed by atoms with Crippen LogP contribution in [-0.4, -0.2) is 19.5 Å². The molecule has 0 atom stereocenters. The van der Waals surface area contributed by atoms with E-state index in [1.54, 1.807) is 0 Å². The lowest BCUT2D eigenvalue weighted by Gasteiger charge is -2.15. The molecule has 0 bridgehead atoms. The average Bonchev–Trinajstić information content (AvgIpc) is 3.81. The van der Waals surface area contributed by atoms with Crippen LogP contribution in [0, 0.1) is 0 Å². The second-order valence-electron chi connectivity index (χ2n) is 14.8. The van der Waals surface area contributed by atoms with Crippen molar-refractivity contribution in [2.45, 2.75) is 0 Å². The van der Waals surface area contributed by atoms with Crippen LogP contribution in [0.3, 0.4) is 0 Å². The van der Waals surface area contributed by atoms with Crippen molar-refractivity contribution in [1.82, 2.24) is 19.5 Å². The number of hydrogen-bond acceptors (Lipinski definition) is 4. The molecule has 0 spiro atoms. The maximum Gasteiger partial charge on any atom is 0.164 e. The van der Waals surface area contributed by atoms with Gasteiger partial charge in [0.25, 0.3) is 0 Å². The summed E-state index contributed by atoms with van der Waals surface area (Å²) in [6.45, 7) is 0. The molecular formula is C53H32N4O. The van der Waals surface area contributed by atoms with E-state index in [2.05, 4.69) is 126 Å². The van der Waals surface area contributed by atoms with Gasteiger partial charge in [-0.2, -0.15) is 0 Å². The maximum atomic E-state index is 6.85. The van der Waals surface area contributed by atoms with E-state index in [-0.39, 0.29) is 0 Å². The third-order valence-corrected chi connectivity index (χ3v) is 11.4. The molecule has 3 aromatic heterocycles. The summed E-state index contributed by atoms with van der Waals surface area (Å²) in [5.41, 5.74) is 9.83. The Labute approximate surface area is 333 Å². The van der Waals surface area contributed by atoms with Gasteiger partial charge < -0.3 is 8.98 Å². The second-order valence-corrected chi connectivity index (χ2v) is 14.8. The van der Waals surface area contributed by atoms with Crippen LogP contribution in [0.5, 0.6) is 0 Å². The lowest BCUT2D eigenvalue weighted by Crippen LogP contribution is -2.00. The number of fused-ring (bicyclic) bond motifs is 8. The van der Waals surface area contributed by atoms with Gasteiger partial charge in [-0.3, -0.25) is 0 Å². The summed E-state index contributed by atoms with van der Waals surface area (Å²) in [5.74, 6) is 1.83. The molecule has 12 aromatic rings. The smallest absolute Gasteiger partial charge is 0.164 e. The molecular weight excluding hydrogens is 709 g/mol. The van der Waals surface area contributed by atoms with Crippen LogP contribution in [0.4, 0.5) is 0 Å². The summed E-state index contributed by atoms with van der Waals surface area (Å²) < 4.78 is 9.29. The first-order chi connectivity index (χ1) is 28.7.